The minimum Gasteiger partial charge on any atom is -0.382 e. The van der Waals surface area contributed by atoms with Gasteiger partial charge in [-0.2, -0.15) is 0 Å². The molecule has 104 valence electrons. The van der Waals surface area contributed by atoms with Crippen molar-refractivity contribution in [2.75, 3.05) is 18.8 Å². The molecule has 0 unspecified atom stereocenters. The van der Waals surface area contributed by atoms with E-state index in [1.54, 1.807) is 0 Å². The maximum Gasteiger partial charge on any atom is 0.274 e. The molecule has 0 aromatic carbocycles. The van der Waals surface area contributed by atoms with Gasteiger partial charge in [0.1, 0.15) is 11.5 Å². The first-order valence-corrected chi connectivity index (χ1v) is 6.74. The molecule has 1 aliphatic rings. The number of rotatable bonds is 1. The van der Waals surface area contributed by atoms with Gasteiger partial charge in [0.05, 0.1) is 12.4 Å². The predicted molar refractivity (Wildman–Crippen MR) is 74.5 cm³/mol. The molecular formula is C14H22N4O. The Morgan fingerprint density at radius 1 is 1.26 bits per heavy atom. The Morgan fingerprint density at radius 3 is 2.37 bits per heavy atom. The van der Waals surface area contributed by atoms with Crippen molar-refractivity contribution in [1.82, 2.24) is 14.9 Å². The first kappa shape index (κ1) is 13.8. The van der Waals surface area contributed by atoms with E-state index >= 15 is 0 Å². The molecule has 1 saturated heterocycles. The quantitative estimate of drug-likeness (QED) is 0.839. The van der Waals surface area contributed by atoms with Crippen molar-refractivity contribution in [2.24, 2.45) is 11.3 Å². The average molecular weight is 262 g/mol. The topological polar surface area (TPSA) is 72.1 Å². The molecule has 0 aliphatic carbocycles. The fourth-order valence-corrected chi connectivity index (χ4v) is 2.56. The van der Waals surface area contributed by atoms with Crippen molar-refractivity contribution >= 4 is 11.7 Å². The maximum absolute atomic E-state index is 12.2. The lowest BCUT2D eigenvalue weighted by atomic mass is 9.75. The molecule has 5 nitrogen and oxygen atoms in total. The summed E-state index contributed by atoms with van der Waals surface area (Å²) in [5, 5.41) is 0. The molecule has 1 aliphatic heterocycles. The lowest BCUT2D eigenvalue weighted by molar-refractivity contribution is 0.0603. The Bertz CT molecular complexity index is 442. The highest BCUT2D eigenvalue weighted by molar-refractivity contribution is 5.92. The molecule has 0 saturated carbocycles. The standard InChI is InChI=1S/C14H22N4O/c1-14(2,3)10-4-6-18(7-5-10)13(19)11-8-17-12(15)9-16-11/h8-10H,4-7H2,1-3H3,(H2,15,17). The number of aromatic nitrogens is 2. The molecule has 1 aromatic heterocycles. The zero-order valence-electron chi connectivity index (χ0n) is 11.9. The molecule has 0 spiro atoms. The smallest absolute Gasteiger partial charge is 0.274 e. The van der Waals surface area contributed by atoms with Gasteiger partial charge in [0.25, 0.3) is 5.91 Å². The lowest BCUT2D eigenvalue weighted by Gasteiger charge is -2.38. The molecule has 2 rings (SSSR count). The molecule has 0 bridgehead atoms. The molecule has 2 heterocycles. The van der Waals surface area contributed by atoms with Crippen LogP contribution in [0.5, 0.6) is 0 Å². The summed E-state index contributed by atoms with van der Waals surface area (Å²) in [4.78, 5) is 22.1. The normalized spacial score (nSPS) is 17.5. The lowest BCUT2D eigenvalue weighted by Crippen LogP contribution is -2.41. The third kappa shape index (κ3) is 3.22. The van der Waals surface area contributed by atoms with Crippen LogP contribution in [0.25, 0.3) is 0 Å². The molecule has 2 N–H and O–H groups in total. The number of hydrogen-bond acceptors (Lipinski definition) is 4. The van der Waals surface area contributed by atoms with Gasteiger partial charge in [-0.15, -0.1) is 0 Å². The van der Waals surface area contributed by atoms with Gasteiger partial charge in [0, 0.05) is 13.1 Å². The summed E-state index contributed by atoms with van der Waals surface area (Å²) in [6.07, 6.45) is 4.98. The van der Waals surface area contributed by atoms with E-state index in [1.165, 1.54) is 12.4 Å². The summed E-state index contributed by atoms with van der Waals surface area (Å²) >= 11 is 0. The largest absolute Gasteiger partial charge is 0.382 e. The van der Waals surface area contributed by atoms with Crippen LogP contribution in [-0.2, 0) is 0 Å². The minimum absolute atomic E-state index is 0.0418. The van der Waals surface area contributed by atoms with E-state index in [0.717, 1.165) is 25.9 Å². The zero-order chi connectivity index (χ0) is 14.0. The van der Waals surface area contributed by atoms with Gasteiger partial charge in [0.15, 0.2) is 0 Å². The number of nitrogens with two attached hydrogens (primary N) is 1. The number of nitrogen functional groups attached to an aromatic ring is 1. The number of carbonyl (C=O) groups excluding carboxylic acids is 1. The monoisotopic (exact) mass is 262 g/mol. The second-order valence-corrected chi connectivity index (χ2v) is 6.26. The Hall–Kier alpha value is -1.65. The van der Waals surface area contributed by atoms with Crippen LogP contribution >= 0.6 is 0 Å². The summed E-state index contributed by atoms with van der Waals surface area (Å²) in [6.45, 7) is 8.39. The number of hydrogen-bond donors (Lipinski definition) is 1. The Balaban J connectivity index is 1.98. The third-order valence-electron chi connectivity index (χ3n) is 3.90. The van der Waals surface area contributed by atoms with Crippen molar-refractivity contribution in [3.63, 3.8) is 0 Å². The van der Waals surface area contributed by atoms with Crippen LogP contribution in [0.3, 0.4) is 0 Å². The van der Waals surface area contributed by atoms with E-state index in [0.29, 0.717) is 22.8 Å². The highest BCUT2D eigenvalue weighted by Gasteiger charge is 2.30. The second-order valence-electron chi connectivity index (χ2n) is 6.26. The summed E-state index contributed by atoms with van der Waals surface area (Å²) < 4.78 is 0. The van der Waals surface area contributed by atoms with Gasteiger partial charge in [-0.1, -0.05) is 20.8 Å². The summed E-state index contributed by atoms with van der Waals surface area (Å²) in [5.74, 6) is 0.969. The van der Waals surface area contributed by atoms with Crippen molar-refractivity contribution in [2.45, 2.75) is 33.6 Å². The van der Waals surface area contributed by atoms with Crippen molar-refractivity contribution in [3.05, 3.63) is 18.1 Å². The Morgan fingerprint density at radius 2 is 1.89 bits per heavy atom. The number of anilines is 1. The van der Waals surface area contributed by atoms with Gasteiger partial charge in [-0.05, 0) is 24.2 Å². The molecular weight excluding hydrogens is 240 g/mol. The van der Waals surface area contributed by atoms with Crippen molar-refractivity contribution in [1.29, 1.82) is 0 Å². The molecule has 0 radical (unpaired) electrons. The third-order valence-corrected chi connectivity index (χ3v) is 3.90. The van der Waals surface area contributed by atoms with Crippen LogP contribution in [-0.4, -0.2) is 33.9 Å². The second kappa shape index (κ2) is 5.15. The van der Waals surface area contributed by atoms with Crippen LogP contribution < -0.4 is 5.73 Å². The summed E-state index contributed by atoms with van der Waals surface area (Å²) in [7, 11) is 0. The Kier molecular flexibility index (Phi) is 3.73. The molecule has 19 heavy (non-hydrogen) atoms. The van der Waals surface area contributed by atoms with E-state index < -0.39 is 0 Å². The molecule has 5 heteroatoms. The van der Waals surface area contributed by atoms with Crippen LogP contribution in [0.4, 0.5) is 5.82 Å². The number of carbonyl (C=O) groups is 1. The maximum atomic E-state index is 12.2. The zero-order valence-corrected chi connectivity index (χ0v) is 11.9. The number of nitrogens with zero attached hydrogens (tertiary/aromatic N) is 3. The number of amides is 1. The van der Waals surface area contributed by atoms with E-state index in [2.05, 4.69) is 30.7 Å². The predicted octanol–water partition coefficient (Wildman–Crippen LogP) is 1.96. The van der Waals surface area contributed by atoms with Crippen molar-refractivity contribution in [3.8, 4) is 0 Å². The first-order chi connectivity index (χ1) is 8.88. The molecule has 1 aromatic rings. The highest BCUT2D eigenvalue weighted by atomic mass is 16.2. The molecule has 1 fully saturated rings. The fraction of sp³-hybridized carbons (Fsp3) is 0.643. The van der Waals surface area contributed by atoms with Gasteiger partial charge < -0.3 is 10.6 Å². The Labute approximate surface area is 114 Å². The summed E-state index contributed by atoms with van der Waals surface area (Å²) in [6, 6.07) is 0. The van der Waals surface area contributed by atoms with Crippen LogP contribution in [0, 0.1) is 11.3 Å². The van der Waals surface area contributed by atoms with E-state index in [9.17, 15) is 4.79 Å². The highest BCUT2D eigenvalue weighted by Crippen LogP contribution is 2.34. The van der Waals surface area contributed by atoms with E-state index in [-0.39, 0.29) is 5.91 Å². The fourth-order valence-electron chi connectivity index (χ4n) is 2.56. The van der Waals surface area contributed by atoms with Crippen LogP contribution in [0.1, 0.15) is 44.1 Å². The minimum atomic E-state index is -0.0418. The number of piperidine rings is 1. The van der Waals surface area contributed by atoms with Gasteiger partial charge in [0.2, 0.25) is 0 Å². The molecule has 0 atom stereocenters. The SMILES string of the molecule is CC(C)(C)C1CCN(C(=O)c2cnc(N)cn2)CC1. The first-order valence-electron chi connectivity index (χ1n) is 6.74. The van der Waals surface area contributed by atoms with Crippen LogP contribution in [0.15, 0.2) is 12.4 Å². The average Bonchev–Trinajstić information content (AvgIpc) is 2.38. The van der Waals surface area contributed by atoms with Crippen molar-refractivity contribution < 1.29 is 4.79 Å². The van der Waals surface area contributed by atoms with Gasteiger partial charge in [-0.3, -0.25) is 4.79 Å². The molecule has 1 amide bonds. The van der Waals surface area contributed by atoms with Gasteiger partial charge >= 0.3 is 0 Å². The summed E-state index contributed by atoms with van der Waals surface area (Å²) in [5.41, 5.74) is 6.17. The number of likely N-dealkylation sites (tertiary alicyclic amines) is 1. The van der Waals surface area contributed by atoms with Crippen LogP contribution in [0.2, 0.25) is 0 Å². The van der Waals surface area contributed by atoms with E-state index in [4.69, 9.17) is 5.73 Å². The van der Waals surface area contributed by atoms with E-state index in [1.807, 2.05) is 4.90 Å². The van der Waals surface area contributed by atoms with Gasteiger partial charge in [-0.25, -0.2) is 9.97 Å².